The van der Waals surface area contributed by atoms with Crippen molar-refractivity contribution in [3.8, 4) is 0 Å². The number of hydrogen-bond donors (Lipinski definition) is 0. The van der Waals surface area contributed by atoms with Crippen molar-refractivity contribution in [2.24, 2.45) is 11.3 Å². The van der Waals surface area contributed by atoms with E-state index in [2.05, 4.69) is 62.5 Å². The summed E-state index contributed by atoms with van der Waals surface area (Å²) in [6, 6.07) is 14.8. The zero-order valence-corrected chi connectivity index (χ0v) is 20.2. The third kappa shape index (κ3) is 5.18. The highest BCUT2D eigenvalue weighted by molar-refractivity contribution is 5.82. The number of amides is 1. The molecule has 3 aromatic rings. The molecule has 2 fully saturated rings. The van der Waals surface area contributed by atoms with Gasteiger partial charge in [-0.25, -0.2) is 0 Å². The quantitative estimate of drug-likeness (QED) is 0.563. The number of likely N-dealkylation sites (tertiary alicyclic amines) is 1. The van der Waals surface area contributed by atoms with E-state index in [0.29, 0.717) is 25.7 Å². The largest absolute Gasteiger partial charge is 0.379 e. The van der Waals surface area contributed by atoms with Crippen molar-refractivity contribution in [1.29, 1.82) is 0 Å². The average molecular weight is 461 g/mol. The highest BCUT2D eigenvalue weighted by Gasteiger charge is 2.40. The Morgan fingerprint density at radius 2 is 1.91 bits per heavy atom. The van der Waals surface area contributed by atoms with E-state index in [1.807, 2.05) is 24.7 Å². The Labute approximate surface area is 202 Å². The maximum atomic E-state index is 13.7. The van der Waals surface area contributed by atoms with E-state index < -0.39 is 0 Å². The Morgan fingerprint density at radius 1 is 1.09 bits per heavy atom. The maximum absolute atomic E-state index is 13.7. The molecule has 2 aliphatic rings. The van der Waals surface area contributed by atoms with E-state index in [9.17, 15) is 4.79 Å². The molecule has 0 spiro atoms. The van der Waals surface area contributed by atoms with E-state index >= 15 is 0 Å². The minimum atomic E-state index is -0.280. The lowest BCUT2D eigenvalue weighted by Crippen LogP contribution is -2.50. The van der Waals surface area contributed by atoms with Crippen molar-refractivity contribution in [1.82, 2.24) is 19.2 Å². The third-order valence-corrected chi connectivity index (χ3v) is 7.67. The molecule has 6 heteroatoms. The molecule has 1 atom stereocenters. The minimum Gasteiger partial charge on any atom is -0.379 e. The summed E-state index contributed by atoms with van der Waals surface area (Å²) in [5, 5.41) is 0. The summed E-state index contributed by atoms with van der Waals surface area (Å²) in [5.74, 6) is 0.564. The van der Waals surface area contributed by atoms with Crippen LogP contribution in [0.4, 0.5) is 0 Å². The predicted molar refractivity (Wildman–Crippen MR) is 134 cm³/mol. The number of carbonyl (C=O) groups excluding carboxylic acids is 1. The molecule has 0 N–H and O–H groups in total. The van der Waals surface area contributed by atoms with Gasteiger partial charge in [0.25, 0.3) is 0 Å². The van der Waals surface area contributed by atoms with Gasteiger partial charge in [0.05, 0.1) is 24.4 Å². The van der Waals surface area contributed by atoms with Crippen LogP contribution in [-0.4, -0.2) is 71.0 Å². The molecule has 4 heterocycles. The Morgan fingerprint density at radius 3 is 2.74 bits per heavy atom. The normalized spacial score (nSPS) is 21.4. The van der Waals surface area contributed by atoms with Gasteiger partial charge in [-0.05, 0) is 56.5 Å². The number of hydrogen-bond acceptors (Lipinski definition) is 4. The van der Waals surface area contributed by atoms with Crippen LogP contribution in [0.2, 0.25) is 0 Å². The van der Waals surface area contributed by atoms with Gasteiger partial charge in [0.2, 0.25) is 5.91 Å². The number of piperidine rings is 1. The summed E-state index contributed by atoms with van der Waals surface area (Å²) in [4.78, 5) is 22.9. The van der Waals surface area contributed by atoms with Gasteiger partial charge >= 0.3 is 0 Å². The lowest BCUT2D eigenvalue weighted by molar-refractivity contribution is -0.144. The fourth-order valence-corrected chi connectivity index (χ4v) is 5.45. The van der Waals surface area contributed by atoms with Crippen LogP contribution in [-0.2, 0) is 22.4 Å². The number of ether oxygens (including phenoxy) is 1. The number of benzene rings is 1. The first-order valence-electron chi connectivity index (χ1n) is 12.6. The second-order valence-electron chi connectivity index (χ2n) is 10.2. The topological polar surface area (TPSA) is 50.1 Å². The standard InChI is InChI=1S/C28H36N4O2/c1-28(10-15-30(16-11-28)14-9-23-6-3-2-4-7-23)27(33)32-18-19-34-22-24(21-32)20-25-26-8-5-13-31(26)17-12-29-25/h2-8,12-13,17,24H,9-11,14-16,18-22H2,1H3/t24-/m0/s1. The third-order valence-electron chi connectivity index (χ3n) is 7.67. The summed E-state index contributed by atoms with van der Waals surface area (Å²) in [5.41, 5.74) is 3.32. The van der Waals surface area contributed by atoms with Gasteiger partial charge in [0, 0.05) is 49.6 Å². The van der Waals surface area contributed by atoms with Crippen LogP contribution in [0.1, 0.15) is 31.0 Å². The molecule has 0 unspecified atom stereocenters. The predicted octanol–water partition coefficient (Wildman–Crippen LogP) is 3.70. The molecule has 6 nitrogen and oxygen atoms in total. The molecular weight excluding hydrogens is 424 g/mol. The highest BCUT2D eigenvalue weighted by Crippen LogP contribution is 2.34. The van der Waals surface area contributed by atoms with Gasteiger partial charge in [0.1, 0.15) is 0 Å². The monoisotopic (exact) mass is 460 g/mol. The first-order valence-corrected chi connectivity index (χ1v) is 12.6. The molecule has 1 aromatic carbocycles. The molecule has 180 valence electrons. The van der Waals surface area contributed by atoms with Crippen LogP contribution < -0.4 is 0 Å². The number of nitrogens with zero attached hydrogens (tertiary/aromatic N) is 4. The van der Waals surface area contributed by atoms with Crippen LogP contribution in [0.15, 0.2) is 61.1 Å². The molecule has 0 aliphatic carbocycles. The zero-order chi connectivity index (χ0) is 23.4. The molecule has 0 saturated carbocycles. The van der Waals surface area contributed by atoms with E-state index in [1.165, 1.54) is 5.56 Å². The molecule has 0 radical (unpaired) electrons. The fraction of sp³-hybridized carbons (Fsp3) is 0.500. The zero-order valence-electron chi connectivity index (χ0n) is 20.2. The Hall–Kier alpha value is -2.70. The van der Waals surface area contributed by atoms with Gasteiger partial charge in [-0.1, -0.05) is 37.3 Å². The van der Waals surface area contributed by atoms with Crippen molar-refractivity contribution in [2.75, 3.05) is 45.9 Å². The summed E-state index contributed by atoms with van der Waals surface area (Å²) in [6.07, 6.45) is 9.62. The van der Waals surface area contributed by atoms with Crippen molar-refractivity contribution >= 4 is 11.4 Å². The summed E-state index contributed by atoms with van der Waals surface area (Å²) in [6.45, 7) is 7.94. The van der Waals surface area contributed by atoms with Crippen molar-refractivity contribution in [3.63, 3.8) is 0 Å². The first-order chi connectivity index (χ1) is 16.6. The van der Waals surface area contributed by atoms with Crippen LogP contribution in [0.5, 0.6) is 0 Å². The van der Waals surface area contributed by atoms with E-state index in [4.69, 9.17) is 4.74 Å². The first kappa shape index (κ1) is 23.1. The molecule has 2 aliphatic heterocycles. The van der Waals surface area contributed by atoms with Crippen molar-refractivity contribution < 1.29 is 9.53 Å². The Kier molecular flexibility index (Phi) is 6.97. The molecule has 2 aromatic heterocycles. The summed E-state index contributed by atoms with van der Waals surface area (Å²) in [7, 11) is 0. The van der Waals surface area contributed by atoms with Gasteiger partial charge < -0.3 is 18.9 Å². The second-order valence-corrected chi connectivity index (χ2v) is 10.2. The number of rotatable bonds is 6. The molecule has 0 bridgehead atoms. The van der Waals surface area contributed by atoms with Crippen LogP contribution in [0.25, 0.3) is 5.52 Å². The van der Waals surface area contributed by atoms with Crippen molar-refractivity contribution in [3.05, 3.63) is 72.3 Å². The van der Waals surface area contributed by atoms with E-state index in [-0.39, 0.29) is 11.3 Å². The van der Waals surface area contributed by atoms with Gasteiger partial charge in [-0.15, -0.1) is 0 Å². The van der Waals surface area contributed by atoms with Crippen LogP contribution in [0.3, 0.4) is 0 Å². The number of fused-ring (bicyclic) bond motifs is 1. The Bertz CT molecular complexity index is 1090. The summed E-state index contributed by atoms with van der Waals surface area (Å²) < 4.78 is 8.03. The lowest BCUT2D eigenvalue weighted by Gasteiger charge is -2.41. The average Bonchev–Trinajstić information content (AvgIpc) is 3.24. The smallest absolute Gasteiger partial charge is 0.228 e. The van der Waals surface area contributed by atoms with Gasteiger partial charge in [-0.3, -0.25) is 9.78 Å². The molecule has 34 heavy (non-hydrogen) atoms. The molecule has 2 saturated heterocycles. The number of carbonyl (C=O) groups is 1. The van der Waals surface area contributed by atoms with E-state index in [0.717, 1.165) is 63.1 Å². The Balaban J connectivity index is 1.18. The fourth-order valence-electron chi connectivity index (χ4n) is 5.45. The molecule has 5 rings (SSSR count). The number of aromatic nitrogens is 2. The van der Waals surface area contributed by atoms with Gasteiger partial charge in [0.15, 0.2) is 0 Å². The highest BCUT2D eigenvalue weighted by atomic mass is 16.5. The molecule has 1 amide bonds. The second kappa shape index (κ2) is 10.3. The van der Waals surface area contributed by atoms with Crippen molar-refractivity contribution in [2.45, 2.75) is 32.6 Å². The SMILES string of the molecule is CC1(C(=O)N2CCOC[C@@H](Cc3nccn4cccc34)C2)CCN(CCc2ccccc2)CC1. The van der Waals surface area contributed by atoms with Gasteiger partial charge in [-0.2, -0.15) is 0 Å². The lowest BCUT2D eigenvalue weighted by atomic mass is 9.78. The van der Waals surface area contributed by atoms with Crippen LogP contribution >= 0.6 is 0 Å². The van der Waals surface area contributed by atoms with E-state index in [1.54, 1.807) is 0 Å². The maximum Gasteiger partial charge on any atom is 0.228 e. The summed E-state index contributed by atoms with van der Waals surface area (Å²) >= 11 is 0. The van der Waals surface area contributed by atoms with Crippen LogP contribution in [0, 0.1) is 11.3 Å². The minimum absolute atomic E-state index is 0.259. The molecular formula is C28H36N4O2.